The molecule has 0 aliphatic carbocycles. The van der Waals surface area contributed by atoms with Gasteiger partial charge in [-0.2, -0.15) is 5.10 Å². The SMILES string of the molecule is C[C@H]1Cc2ccccc2N1C(=O)c1ccc(=O)n(CC(=O)Nc2ccc(F)cc2)n1. The fourth-order valence-electron chi connectivity index (χ4n) is 3.54. The van der Waals surface area contributed by atoms with Crippen molar-refractivity contribution < 1.29 is 14.0 Å². The summed E-state index contributed by atoms with van der Waals surface area (Å²) >= 11 is 0. The Morgan fingerprint density at radius 1 is 1.10 bits per heavy atom. The number of nitrogens with one attached hydrogen (secondary N) is 1. The van der Waals surface area contributed by atoms with Crippen molar-refractivity contribution >= 4 is 23.2 Å². The molecule has 0 saturated carbocycles. The second-order valence-corrected chi connectivity index (χ2v) is 7.13. The molecule has 1 atom stereocenters. The fourth-order valence-corrected chi connectivity index (χ4v) is 3.54. The van der Waals surface area contributed by atoms with E-state index >= 15 is 0 Å². The number of benzene rings is 2. The number of anilines is 2. The molecule has 3 aromatic rings. The standard InChI is InChI=1S/C22H19FN4O3/c1-14-12-15-4-2-3-5-19(15)27(14)22(30)18-10-11-21(29)26(25-18)13-20(28)24-17-8-6-16(23)7-9-17/h2-11,14H,12-13H2,1H3,(H,24,28)/t14-/m0/s1. The summed E-state index contributed by atoms with van der Waals surface area (Å²) in [6.45, 7) is 1.58. The number of nitrogens with zero attached hydrogens (tertiary/aromatic N) is 3. The lowest BCUT2D eigenvalue weighted by Crippen LogP contribution is -2.38. The molecular formula is C22H19FN4O3. The number of fused-ring (bicyclic) bond motifs is 1. The van der Waals surface area contributed by atoms with Crippen molar-refractivity contribution in [1.82, 2.24) is 9.78 Å². The molecule has 2 heterocycles. The van der Waals surface area contributed by atoms with Gasteiger partial charge in [-0.05, 0) is 55.3 Å². The third-order valence-corrected chi connectivity index (χ3v) is 4.93. The minimum absolute atomic E-state index is 0.0427. The number of aromatic nitrogens is 2. The summed E-state index contributed by atoms with van der Waals surface area (Å²) in [5.41, 5.74) is 1.86. The van der Waals surface area contributed by atoms with Crippen molar-refractivity contribution in [2.75, 3.05) is 10.2 Å². The molecule has 0 spiro atoms. The maximum Gasteiger partial charge on any atom is 0.278 e. The van der Waals surface area contributed by atoms with Gasteiger partial charge in [0, 0.05) is 23.5 Å². The van der Waals surface area contributed by atoms with Crippen LogP contribution in [0.3, 0.4) is 0 Å². The first-order valence-electron chi connectivity index (χ1n) is 9.47. The Labute approximate surface area is 171 Å². The van der Waals surface area contributed by atoms with Crippen molar-refractivity contribution in [3.05, 3.63) is 88.1 Å². The van der Waals surface area contributed by atoms with Crippen LogP contribution in [0, 0.1) is 5.82 Å². The average molecular weight is 406 g/mol. The van der Waals surface area contributed by atoms with Crippen LogP contribution in [-0.4, -0.2) is 27.6 Å². The number of hydrogen-bond acceptors (Lipinski definition) is 4. The van der Waals surface area contributed by atoms with Crippen molar-refractivity contribution in [3.8, 4) is 0 Å². The fraction of sp³-hybridized carbons (Fsp3) is 0.182. The lowest BCUT2D eigenvalue weighted by Gasteiger charge is -2.22. The van der Waals surface area contributed by atoms with Crippen LogP contribution in [-0.2, 0) is 17.8 Å². The molecule has 0 fully saturated rings. The third-order valence-electron chi connectivity index (χ3n) is 4.93. The van der Waals surface area contributed by atoms with E-state index in [9.17, 15) is 18.8 Å². The van der Waals surface area contributed by atoms with Crippen molar-refractivity contribution in [1.29, 1.82) is 0 Å². The first-order chi connectivity index (χ1) is 14.4. The number of hydrogen-bond donors (Lipinski definition) is 1. The Bertz CT molecular complexity index is 1170. The third kappa shape index (κ3) is 3.84. The first-order valence-corrected chi connectivity index (χ1v) is 9.47. The zero-order valence-electron chi connectivity index (χ0n) is 16.2. The topological polar surface area (TPSA) is 84.3 Å². The zero-order chi connectivity index (χ0) is 21.3. The summed E-state index contributed by atoms with van der Waals surface area (Å²) in [6, 6.07) is 15.5. The van der Waals surface area contributed by atoms with Crippen LogP contribution in [0.25, 0.3) is 0 Å². The van der Waals surface area contributed by atoms with E-state index < -0.39 is 17.3 Å². The van der Waals surface area contributed by atoms with Gasteiger partial charge in [-0.1, -0.05) is 18.2 Å². The van der Waals surface area contributed by atoms with E-state index in [4.69, 9.17) is 0 Å². The summed E-state index contributed by atoms with van der Waals surface area (Å²) in [5.74, 6) is -1.27. The number of carbonyl (C=O) groups is 2. The van der Waals surface area contributed by atoms with Crippen LogP contribution in [0.5, 0.6) is 0 Å². The molecule has 0 unspecified atom stereocenters. The largest absolute Gasteiger partial charge is 0.324 e. The number of halogens is 1. The van der Waals surface area contributed by atoms with E-state index in [0.717, 1.165) is 22.4 Å². The van der Waals surface area contributed by atoms with Crippen molar-refractivity contribution in [2.45, 2.75) is 25.9 Å². The highest BCUT2D eigenvalue weighted by Gasteiger charge is 2.32. The predicted octanol–water partition coefficient (Wildman–Crippen LogP) is 2.61. The Hall–Kier alpha value is -3.81. The van der Waals surface area contributed by atoms with Gasteiger partial charge < -0.3 is 10.2 Å². The van der Waals surface area contributed by atoms with E-state index in [0.29, 0.717) is 5.69 Å². The number of para-hydroxylation sites is 1. The summed E-state index contributed by atoms with van der Waals surface area (Å²) in [4.78, 5) is 39.2. The molecule has 30 heavy (non-hydrogen) atoms. The molecule has 1 aliphatic rings. The smallest absolute Gasteiger partial charge is 0.278 e. The normalized spacial score (nSPS) is 15.0. The maximum absolute atomic E-state index is 13.1. The van der Waals surface area contributed by atoms with Gasteiger partial charge in [0.15, 0.2) is 0 Å². The molecule has 0 bridgehead atoms. The Morgan fingerprint density at radius 2 is 1.83 bits per heavy atom. The van der Waals surface area contributed by atoms with Crippen LogP contribution < -0.4 is 15.8 Å². The van der Waals surface area contributed by atoms with Crippen molar-refractivity contribution in [2.24, 2.45) is 0 Å². The highest BCUT2D eigenvalue weighted by Crippen LogP contribution is 2.32. The lowest BCUT2D eigenvalue weighted by atomic mass is 10.1. The quantitative estimate of drug-likeness (QED) is 0.722. The minimum Gasteiger partial charge on any atom is -0.324 e. The second-order valence-electron chi connectivity index (χ2n) is 7.13. The van der Waals surface area contributed by atoms with Crippen LogP contribution >= 0.6 is 0 Å². The van der Waals surface area contributed by atoms with Crippen LogP contribution in [0.4, 0.5) is 15.8 Å². The second kappa shape index (κ2) is 7.90. The van der Waals surface area contributed by atoms with Gasteiger partial charge >= 0.3 is 0 Å². The van der Waals surface area contributed by atoms with Gasteiger partial charge in [0.2, 0.25) is 5.91 Å². The Balaban J connectivity index is 1.54. The number of rotatable bonds is 4. The molecular weight excluding hydrogens is 387 g/mol. The summed E-state index contributed by atoms with van der Waals surface area (Å²) in [6.07, 6.45) is 0.738. The van der Waals surface area contributed by atoms with Gasteiger partial charge in [-0.25, -0.2) is 9.07 Å². The van der Waals surface area contributed by atoms with Crippen molar-refractivity contribution in [3.63, 3.8) is 0 Å². The van der Waals surface area contributed by atoms with Gasteiger partial charge in [-0.15, -0.1) is 0 Å². The zero-order valence-corrected chi connectivity index (χ0v) is 16.2. The predicted molar refractivity (Wildman–Crippen MR) is 110 cm³/mol. The molecule has 4 rings (SSSR count). The highest BCUT2D eigenvalue weighted by atomic mass is 19.1. The Kier molecular flexibility index (Phi) is 5.14. The number of carbonyl (C=O) groups excluding carboxylic acids is 2. The average Bonchev–Trinajstić information content (AvgIpc) is 3.06. The van der Waals surface area contributed by atoms with E-state index in [-0.39, 0.29) is 24.2 Å². The monoisotopic (exact) mass is 406 g/mol. The molecule has 8 heteroatoms. The van der Waals surface area contributed by atoms with Gasteiger partial charge in [0.25, 0.3) is 11.5 Å². The molecule has 152 valence electrons. The van der Waals surface area contributed by atoms with Crippen LogP contribution in [0.1, 0.15) is 23.0 Å². The van der Waals surface area contributed by atoms with E-state index in [1.54, 1.807) is 4.90 Å². The van der Waals surface area contributed by atoms with Gasteiger partial charge in [0.05, 0.1) is 0 Å². The van der Waals surface area contributed by atoms with E-state index in [2.05, 4.69) is 10.4 Å². The van der Waals surface area contributed by atoms with Gasteiger partial charge in [0.1, 0.15) is 18.1 Å². The van der Waals surface area contributed by atoms with Crippen LogP contribution in [0.2, 0.25) is 0 Å². The minimum atomic E-state index is -0.513. The molecule has 2 aromatic carbocycles. The molecule has 7 nitrogen and oxygen atoms in total. The lowest BCUT2D eigenvalue weighted by molar-refractivity contribution is -0.117. The summed E-state index contributed by atoms with van der Waals surface area (Å²) < 4.78 is 13.9. The molecule has 1 N–H and O–H groups in total. The summed E-state index contributed by atoms with van der Waals surface area (Å²) in [7, 11) is 0. The van der Waals surface area contributed by atoms with Gasteiger partial charge in [-0.3, -0.25) is 14.4 Å². The molecule has 0 saturated heterocycles. The summed E-state index contributed by atoms with van der Waals surface area (Å²) in [5, 5.41) is 6.68. The maximum atomic E-state index is 13.1. The Morgan fingerprint density at radius 3 is 2.60 bits per heavy atom. The molecule has 0 radical (unpaired) electrons. The molecule has 1 aliphatic heterocycles. The van der Waals surface area contributed by atoms with Crippen LogP contribution in [0.15, 0.2) is 65.5 Å². The van der Waals surface area contributed by atoms with E-state index in [1.165, 1.54) is 36.4 Å². The number of amides is 2. The highest BCUT2D eigenvalue weighted by molar-refractivity contribution is 6.06. The first kappa shape index (κ1) is 19.5. The molecule has 1 aromatic heterocycles. The van der Waals surface area contributed by atoms with E-state index in [1.807, 2.05) is 31.2 Å². The molecule has 2 amide bonds.